The Morgan fingerprint density at radius 1 is 1.26 bits per heavy atom. The summed E-state index contributed by atoms with van der Waals surface area (Å²) in [5.74, 6) is -0.288. The Morgan fingerprint density at radius 2 is 2.00 bits per heavy atom. The van der Waals surface area contributed by atoms with E-state index in [1.54, 1.807) is 0 Å². The van der Waals surface area contributed by atoms with Crippen molar-refractivity contribution < 1.29 is 8.78 Å². The third-order valence-corrected chi connectivity index (χ3v) is 3.98. The van der Waals surface area contributed by atoms with Gasteiger partial charge in [0.2, 0.25) is 0 Å². The molecule has 106 valence electrons. The van der Waals surface area contributed by atoms with Crippen LogP contribution in [-0.2, 0) is 6.54 Å². The van der Waals surface area contributed by atoms with Crippen molar-refractivity contribution in [3.05, 3.63) is 35.4 Å². The molecule has 2 atom stereocenters. The van der Waals surface area contributed by atoms with Crippen LogP contribution in [0.25, 0.3) is 0 Å². The molecule has 0 aliphatic heterocycles. The van der Waals surface area contributed by atoms with E-state index >= 15 is 0 Å². The lowest BCUT2D eigenvalue weighted by molar-refractivity contribution is 0.150. The fraction of sp³-hybridized carbons (Fsp3) is 0.625. The molecule has 1 aliphatic carbocycles. The fourth-order valence-corrected chi connectivity index (χ4v) is 3.42. The van der Waals surface area contributed by atoms with Crippen LogP contribution in [0.4, 0.5) is 8.78 Å². The van der Waals surface area contributed by atoms with Crippen LogP contribution in [0.5, 0.6) is 0 Å². The van der Waals surface area contributed by atoms with Crippen LogP contribution in [-0.4, -0.2) is 6.04 Å². The first-order valence-corrected chi connectivity index (χ1v) is 7.03. The first kappa shape index (κ1) is 14.4. The molecule has 0 amide bonds. The maximum Gasteiger partial charge on any atom is 0.130 e. The fourth-order valence-electron chi connectivity index (χ4n) is 3.42. The highest BCUT2D eigenvalue weighted by Gasteiger charge is 2.31. The molecule has 2 rings (SSSR count). The lowest BCUT2D eigenvalue weighted by Crippen LogP contribution is -2.39. The van der Waals surface area contributed by atoms with Crippen LogP contribution in [0.15, 0.2) is 18.2 Å². The molecule has 3 heteroatoms. The Balaban J connectivity index is 1.95. The molecule has 0 saturated heterocycles. The van der Waals surface area contributed by atoms with Crippen LogP contribution >= 0.6 is 0 Å². The van der Waals surface area contributed by atoms with Crippen molar-refractivity contribution in [3.8, 4) is 0 Å². The van der Waals surface area contributed by atoms with Crippen molar-refractivity contribution in [2.75, 3.05) is 0 Å². The van der Waals surface area contributed by atoms with Crippen molar-refractivity contribution in [1.29, 1.82) is 0 Å². The summed E-state index contributed by atoms with van der Waals surface area (Å²) in [6.45, 7) is 7.32. The molecule has 0 aromatic heterocycles. The van der Waals surface area contributed by atoms with E-state index in [2.05, 4.69) is 26.1 Å². The zero-order valence-electron chi connectivity index (χ0n) is 12.0. The highest BCUT2D eigenvalue weighted by Crippen LogP contribution is 2.38. The minimum Gasteiger partial charge on any atom is -0.310 e. The molecular weight excluding hydrogens is 244 g/mol. The van der Waals surface area contributed by atoms with Crippen LogP contribution in [0.3, 0.4) is 0 Å². The third kappa shape index (κ3) is 4.00. The summed E-state index contributed by atoms with van der Waals surface area (Å²) in [4.78, 5) is 0. The molecule has 1 fully saturated rings. The molecule has 0 spiro atoms. The number of halogens is 2. The van der Waals surface area contributed by atoms with Gasteiger partial charge in [-0.25, -0.2) is 8.78 Å². The highest BCUT2D eigenvalue weighted by molar-refractivity contribution is 5.18. The standard InChI is InChI=1S/C16H23F2N/c1-11-6-14(9-16(2,3)8-11)19-10-12-4-5-13(17)7-15(12)18/h4-5,7,11,14,19H,6,8-10H2,1-3H3. The highest BCUT2D eigenvalue weighted by atomic mass is 19.1. The second kappa shape index (κ2) is 5.58. The SMILES string of the molecule is CC1CC(NCc2ccc(F)cc2F)CC(C)(C)C1. The molecule has 1 saturated carbocycles. The van der Waals surface area contributed by atoms with Crippen LogP contribution in [0.1, 0.15) is 45.6 Å². The van der Waals surface area contributed by atoms with Gasteiger partial charge in [0.25, 0.3) is 0 Å². The molecule has 19 heavy (non-hydrogen) atoms. The normalized spacial score (nSPS) is 26.4. The van der Waals surface area contributed by atoms with Crippen molar-refractivity contribution in [3.63, 3.8) is 0 Å². The van der Waals surface area contributed by atoms with Crippen molar-refractivity contribution in [2.45, 2.75) is 52.6 Å². The second-order valence-corrected chi connectivity index (χ2v) is 6.73. The lowest BCUT2D eigenvalue weighted by Gasteiger charge is -2.39. The Hall–Kier alpha value is -0.960. The molecule has 2 unspecified atom stereocenters. The Bertz CT molecular complexity index is 442. The summed E-state index contributed by atoms with van der Waals surface area (Å²) in [7, 11) is 0. The van der Waals surface area contributed by atoms with Gasteiger partial charge in [0, 0.05) is 24.2 Å². The number of benzene rings is 1. The predicted molar refractivity (Wildman–Crippen MR) is 73.8 cm³/mol. The molecule has 1 N–H and O–H groups in total. The van der Waals surface area contributed by atoms with Gasteiger partial charge < -0.3 is 5.32 Å². The topological polar surface area (TPSA) is 12.0 Å². The Labute approximate surface area is 114 Å². The summed E-state index contributed by atoms with van der Waals surface area (Å²) >= 11 is 0. The van der Waals surface area contributed by atoms with Gasteiger partial charge in [-0.1, -0.05) is 26.8 Å². The average molecular weight is 267 g/mol. The van der Waals surface area contributed by atoms with Gasteiger partial charge in [-0.3, -0.25) is 0 Å². The summed E-state index contributed by atoms with van der Waals surface area (Å²) < 4.78 is 26.4. The second-order valence-electron chi connectivity index (χ2n) is 6.73. The van der Waals surface area contributed by atoms with E-state index in [-0.39, 0.29) is 0 Å². The van der Waals surface area contributed by atoms with Crippen molar-refractivity contribution in [1.82, 2.24) is 5.32 Å². The van der Waals surface area contributed by atoms with E-state index in [4.69, 9.17) is 0 Å². The molecule has 1 aromatic rings. The van der Waals surface area contributed by atoms with E-state index < -0.39 is 11.6 Å². The zero-order valence-corrected chi connectivity index (χ0v) is 12.0. The Morgan fingerprint density at radius 3 is 2.63 bits per heavy atom. The molecular formula is C16H23F2N. The summed E-state index contributed by atoms with van der Waals surface area (Å²) in [6.07, 6.45) is 3.49. The minimum absolute atomic E-state index is 0.344. The van der Waals surface area contributed by atoms with E-state index in [1.165, 1.54) is 18.6 Å². The van der Waals surface area contributed by atoms with Crippen LogP contribution < -0.4 is 5.32 Å². The molecule has 1 aliphatic rings. The van der Waals surface area contributed by atoms with Gasteiger partial charge in [-0.15, -0.1) is 0 Å². The smallest absolute Gasteiger partial charge is 0.130 e. The van der Waals surface area contributed by atoms with Crippen molar-refractivity contribution in [2.24, 2.45) is 11.3 Å². The Kier molecular flexibility index (Phi) is 4.24. The quantitative estimate of drug-likeness (QED) is 0.862. The summed E-state index contributed by atoms with van der Waals surface area (Å²) in [5.41, 5.74) is 0.883. The largest absolute Gasteiger partial charge is 0.310 e. The molecule has 0 heterocycles. The molecule has 0 bridgehead atoms. The van der Waals surface area contributed by atoms with E-state index in [0.717, 1.165) is 18.9 Å². The van der Waals surface area contributed by atoms with Gasteiger partial charge in [0.15, 0.2) is 0 Å². The molecule has 0 radical (unpaired) electrons. The van der Waals surface area contributed by atoms with E-state index in [0.29, 0.717) is 29.5 Å². The van der Waals surface area contributed by atoms with Crippen molar-refractivity contribution >= 4 is 0 Å². The zero-order chi connectivity index (χ0) is 14.0. The number of hydrogen-bond donors (Lipinski definition) is 1. The summed E-state index contributed by atoms with van der Waals surface area (Å²) in [6, 6.07) is 4.20. The maximum absolute atomic E-state index is 13.6. The average Bonchev–Trinajstić information content (AvgIpc) is 2.25. The summed E-state index contributed by atoms with van der Waals surface area (Å²) in [5, 5.41) is 3.42. The first-order chi connectivity index (χ1) is 8.85. The number of nitrogens with one attached hydrogen (secondary N) is 1. The van der Waals surface area contributed by atoms with E-state index in [9.17, 15) is 8.78 Å². The number of hydrogen-bond acceptors (Lipinski definition) is 1. The maximum atomic E-state index is 13.6. The monoisotopic (exact) mass is 267 g/mol. The third-order valence-electron chi connectivity index (χ3n) is 3.98. The van der Waals surface area contributed by atoms with Gasteiger partial charge in [-0.2, -0.15) is 0 Å². The molecule has 1 nitrogen and oxygen atoms in total. The van der Waals surface area contributed by atoms with E-state index in [1.807, 2.05) is 0 Å². The molecule has 1 aromatic carbocycles. The lowest BCUT2D eigenvalue weighted by atomic mass is 9.70. The van der Waals surface area contributed by atoms with Gasteiger partial charge in [0.1, 0.15) is 11.6 Å². The first-order valence-electron chi connectivity index (χ1n) is 7.03. The predicted octanol–water partition coefficient (Wildman–Crippen LogP) is 4.27. The number of rotatable bonds is 3. The van der Waals surface area contributed by atoms with Crippen LogP contribution in [0.2, 0.25) is 0 Å². The van der Waals surface area contributed by atoms with Crippen LogP contribution in [0, 0.1) is 23.0 Å². The van der Waals surface area contributed by atoms with Gasteiger partial charge in [0.05, 0.1) is 0 Å². The van der Waals surface area contributed by atoms with Gasteiger partial charge >= 0.3 is 0 Å². The minimum atomic E-state index is -0.520. The van der Waals surface area contributed by atoms with Gasteiger partial charge in [-0.05, 0) is 36.7 Å².